The van der Waals surface area contributed by atoms with Crippen molar-refractivity contribution < 1.29 is 14.6 Å². The van der Waals surface area contributed by atoms with Gasteiger partial charge in [-0.2, -0.15) is 0 Å². The molecule has 1 heterocycles. The van der Waals surface area contributed by atoms with Crippen molar-refractivity contribution in [3.63, 3.8) is 0 Å². The Balaban J connectivity index is 2.19. The largest absolute Gasteiger partial charge is 0.496 e. The van der Waals surface area contributed by atoms with E-state index in [0.29, 0.717) is 24.4 Å². The fraction of sp³-hybridized carbons (Fsp3) is 0.500. The minimum Gasteiger partial charge on any atom is -0.496 e. The number of likely N-dealkylation sites (N-methyl/N-ethyl adjacent to an activating group) is 1. The molecule has 0 aromatic heterocycles. The number of rotatable bonds is 3. The normalized spacial score (nSPS) is 22.3. The highest BCUT2D eigenvalue weighted by Gasteiger charge is 2.31. The van der Waals surface area contributed by atoms with E-state index in [-0.39, 0.29) is 11.9 Å². The fourth-order valence-electron chi connectivity index (χ4n) is 2.35. The van der Waals surface area contributed by atoms with E-state index in [9.17, 15) is 9.90 Å². The molecule has 5 heteroatoms. The third-order valence-electron chi connectivity index (χ3n) is 3.62. The fourth-order valence-corrected chi connectivity index (χ4v) is 2.35. The Kier molecular flexibility index (Phi) is 4.07. The second kappa shape index (κ2) is 5.59. The minimum absolute atomic E-state index is 0.106. The minimum atomic E-state index is -0.513. The SMILES string of the molecule is COc1cc(C(=O)N(C)[C@@H]2CNC[C@H]2O)ccc1C. The number of hydrogen-bond donors (Lipinski definition) is 2. The maximum Gasteiger partial charge on any atom is 0.254 e. The standard InChI is InChI=1S/C14H20N2O3/c1-9-4-5-10(6-13(9)19-3)14(18)16(2)11-7-15-8-12(11)17/h4-6,11-12,15,17H,7-8H2,1-3H3/t11-,12-/m1/s1. The van der Waals surface area contributed by atoms with Gasteiger partial charge in [-0.25, -0.2) is 0 Å². The molecule has 1 aromatic carbocycles. The van der Waals surface area contributed by atoms with Crippen molar-refractivity contribution in [2.75, 3.05) is 27.2 Å². The highest BCUT2D eigenvalue weighted by Crippen LogP contribution is 2.21. The van der Waals surface area contributed by atoms with E-state index in [1.165, 1.54) is 0 Å². The van der Waals surface area contributed by atoms with Crippen molar-refractivity contribution in [3.05, 3.63) is 29.3 Å². The van der Waals surface area contributed by atoms with Gasteiger partial charge in [0.2, 0.25) is 0 Å². The van der Waals surface area contributed by atoms with Crippen LogP contribution in [0.5, 0.6) is 5.75 Å². The first kappa shape index (κ1) is 13.8. The smallest absolute Gasteiger partial charge is 0.254 e. The van der Waals surface area contributed by atoms with Gasteiger partial charge in [-0.15, -0.1) is 0 Å². The third kappa shape index (κ3) is 2.72. The Morgan fingerprint density at radius 1 is 1.47 bits per heavy atom. The number of methoxy groups -OCH3 is 1. The monoisotopic (exact) mass is 264 g/mol. The first-order valence-corrected chi connectivity index (χ1v) is 6.35. The van der Waals surface area contributed by atoms with Crippen molar-refractivity contribution in [3.8, 4) is 5.75 Å². The van der Waals surface area contributed by atoms with Gasteiger partial charge in [0.15, 0.2) is 0 Å². The van der Waals surface area contributed by atoms with Crippen LogP contribution in [0.15, 0.2) is 18.2 Å². The Morgan fingerprint density at radius 2 is 2.21 bits per heavy atom. The van der Waals surface area contributed by atoms with Gasteiger partial charge in [-0.3, -0.25) is 4.79 Å². The maximum atomic E-state index is 12.4. The van der Waals surface area contributed by atoms with Gasteiger partial charge in [0.1, 0.15) is 5.75 Å². The Morgan fingerprint density at radius 3 is 2.79 bits per heavy atom. The zero-order valence-corrected chi connectivity index (χ0v) is 11.5. The van der Waals surface area contributed by atoms with Crippen molar-refractivity contribution in [1.29, 1.82) is 0 Å². The molecule has 1 fully saturated rings. The van der Waals surface area contributed by atoms with Crippen molar-refractivity contribution in [2.24, 2.45) is 0 Å². The summed E-state index contributed by atoms with van der Waals surface area (Å²) in [6.45, 7) is 3.08. The zero-order chi connectivity index (χ0) is 14.0. The van der Waals surface area contributed by atoms with Crippen LogP contribution in [-0.2, 0) is 0 Å². The molecule has 1 aliphatic rings. The lowest BCUT2D eigenvalue weighted by Crippen LogP contribution is -2.44. The molecule has 2 N–H and O–H groups in total. The van der Waals surface area contributed by atoms with Crippen LogP contribution >= 0.6 is 0 Å². The van der Waals surface area contributed by atoms with Crippen LogP contribution in [0.25, 0.3) is 0 Å². The number of amides is 1. The summed E-state index contributed by atoms with van der Waals surface area (Å²) in [5.74, 6) is 0.593. The summed E-state index contributed by atoms with van der Waals surface area (Å²) in [7, 11) is 3.31. The predicted octanol–water partition coefficient (Wildman–Crippen LogP) is 0.408. The van der Waals surface area contributed by atoms with E-state index in [2.05, 4.69) is 5.32 Å². The van der Waals surface area contributed by atoms with Gasteiger partial charge >= 0.3 is 0 Å². The molecule has 2 rings (SSSR count). The number of aliphatic hydroxyl groups is 1. The molecule has 0 unspecified atom stereocenters. The Labute approximate surface area is 113 Å². The average molecular weight is 264 g/mol. The molecule has 104 valence electrons. The number of nitrogens with one attached hydrogen (secondary N) is 1. The topological polar surface area (TPSA) is 61.8 Å². The van der Waals surface area contributed by atoms with E-state index in [4.69, 9.17) is 4.74 Å². The molecule has 5 nitrogen and oxygen atoms in total. The van der Waals surface area contributed by atoms with Crippen LogP contribution in [0.3, 0.4) is 0 Å². The number of carbonyl (C=O) groups is 1. The van der Waals surface area contributed by atoms with Crippen molar-refractivity contribution >= 4 is 5.91 Å². The maximum absolute atomic E-state index is 12.4. The molecule has 0 aliphatic carbocycles. The molecule has 0 radical (unpaired) electrons. The highest BCUT2D eigenvalue weighted by molar-refractivity contribution is 5.94. The van der Waals surface area contributed by atoms with Gasteiger partial charge < -0.3 is 20.1 Å². The molecule has 0 bridgehead atoms. The van der Waals surface area contributed by atoms with Crippen LogP contribution < -0.4 is 10.1 Å². The number of nitrogens with zero attached hydrogens (tertiary/aromatic N) is 1. The van der Waals surface area contributed by atoms with Gasteiger partial charge in [0.05, 0.1) is 19.3 Å². The Hall–Kier alpha value is -1.59. The lowest BCUT2D eigenvalue weighted by atomic mass is 10.1. The molecule has 19 heavy (non-hydrogen) atoms. The van der Waals surface area contributed by atoms with E-state index >= 15 is 0 Å². The quantitative estimate of drug-likeness (QED) is 0.830. The number of hydrogen-bond acceptors (Lipinski definition) is 4. The van der Waals surface area contributed by atoms with Gasteiger partial charge in [-0.05, 0) is 24.6 Å². The molecule has 1 aliphatic heterocycles. The van der Waals surface area contributed by atoms with Crippen LogP contribution in [0.4, 0.5) is 0 Å². The van der Waals surface area contributed by atoms with E-state index in [1.54, 1.807) is 31.2 Å². The molecular weight excluding hydrogens is 244 g/mol. The molecule has 1 aromatic rings. The Bertz CT molecular complexity index is 476. The van der Waals surface area contributed by atoms with Crippen molar-refractivity contribution in [2.45, 2.75) is 19.1 Å². The first-order valence-electron chi connectivity index (χ1n) is 6.35. The van der Waals surface area contributed by atoms with Crippen LogP contribution in [0.1, 0.15) is 15.9 Å². The second-order valence-electron chi connectivity index (χ2n) is 4.89. The van der Waals surface area contributed by atoms with Gasteiger partial charge in [0, 0.05) is 25.7 Å². The number of aliphatic hydroxyl groups excluding tert-OH is 1. The molecule has 2 atom stereocenters. The number of carbonyl (C=O) groups excluding carboxylic acids is 1. The molecule has 0 spiro atoms. The number of β-amino-alcohol motifs (C(OH)–C–C–N with tert-alkyl or cyclic N) is 1. The van der Waals surface area contributed by atoms with Gasteiger partial charge in [-0.1, -0.05) is 6.07 Å². The van der Waals surface area contributed by atoms with E-state index in [1.807, 2.05) is 13.0 Å². The van der Waals surface area contributed by atoms with Crippen LogP contribution in [0, 0.1) is 6.92 Å². The lowest BCUT2D eigenvalue weighted by Gasteiger charge is -2.26. The van der Waals surface area contributed by atoms with E-state index < -0.39 is 6.10 Å². The summed E-state index contributed by atoms with van der Waals surface area (Å²) < 4.78 is 5.23. The number of benzene rings is 1. The van der Waals surface area contributed by atoms with Gasteiger partial charge in [0.25, 0.3) is 5.91 Å². The summed E-state index contributed by atoms with van der Waals surface area (Å²) in [5.41, 5.74) is 1.56. The summed E-state index contributed by atoms with van der Waals surface area (Å²) >= 11 is 0. The summed E-state index contributed by atoms with van der Waals surface area (Å²) in [4.78, 5) is 14.0. The molecular formula is C14H20N2O3. The van der Waals surface area contributed by atoms with Crippen LogP contribution in [-0.4, -0.2) is 55.3 Å². The second-order valence-corrected chi connectivity index (χ2v) is 4.89. The number of ether oxygens (including phenoxy) is 1. The summed E-state index contributed by atoms with van der Waals surface area (Å²) in [6.07, 6.45) is -0.513. The van der Waals surface area contributed by atoms with E-state index in [0.717, 1.165) is 5.56 Å². The third-order valence-corrected chi connectivity index (χ3v) is 3.62. The highest BCUT2D eigenvalue weighted by atomic mass is 16.5. The molecule has 0 saturated carbocycles. The molecule has 1 amide bonds. The number of aryl methyl sites for hydroxylation is 1. The van der Waals surface area contributed by atoms with Crippen LogP contribution in [0.2, 0.25) is 0 Å². The zero-order valence-electron chi connectivity index (χ0n) is 11.5. The lowest BCUT2D eigenvalue weighted by molar-refractivity contribution is 0.0581. The first-order chi connectivity index (χ1) is 9.04. The van der Waals surface area contributed by atoms with Crippen molar-refractivity contribution in [1.82, 2.24) is 10.2 Å². The summed E-state index contributed by atoms with van der Waals surface area (Å²) in [5, 5.41) is 12.9. The predicted molar refractivity (Wildman–Crippen MR) is 72.5 cm³/mol. The molecule has 1 saturated heterocycles. The summed E-state index contributed by atoms with van der Waals surface area (Å²) in [6, 6.07) is 5.21. The average Bonchev–Trinajstić information content (AvgIpc) is 2.84.